The Balaban J connectivity index is 1.10. The van der Waals surface area contributed by atoms with Crippen molar-refractivity contribution in [1.82, 2.24) is 9.55 Å². The molecule has 1 aliphatic rings. The number of ether oxygens (including phenoxy) is 1. The van der Waals surface area contributed by atoms with Crippen molar-refractivity contribution in [2.75, 3.05) is 16.5 Å². The Kier molecular flexibility index (Phi) is 6.34. The van der Waals surface area contributed by atoms with Gasteiger partial charge in [0.1, 0.15) is 35.1 Å². The molecule has 4 heterocycles. The molecule has 9 rings (SSSR count). The van der Waals surface area contributed by atoms with Gasteiger partial charge in [0.25, 0.3) is 0 Å². The summed E-state index contributed by atoms with van der Waals surface area (Å²) in [5, 5.41) is 2.06. The monoisotopic (exact) mass is 626 g/mol. The maximum absolute atomic E-state index is 6.60. The second-order valence-corrected chi connectivity index (χ2v) is 13.3. The number of hydrogen-bond donors (Lipinski definition) is 0. The third-order valence-electron chi connectivity index (χ3n) is 9.24. The lowest BCUT2D eigenvalue weighted by Gasteiger charge is -2.29. The van der Waals surface area contributed by atoms with Gasteiger partial charge in [-0.15, -0.1) is 0 Å². The van der Waals surface area contributed by atoms with Crippen LogP contribution in [0.15, 0.2) is 144 Å². The van der Waals surface area contributed by atoms with E-state index in [1.165, 1.54) is 22.6 Å². The second kappa shape index (κ2) is 10.8. The molecule has 0 atom stereocenters. The zero-order valence-corrected chi connectivity index (χ0v) is 27.1. The molecule has 3 aromatic heterocycles. The lowest BCUT2D eigenvalue weighted by Crippen LogP contribution is -2.26. The molecule has 0 radical (unpaired) electrons. The van der Waals surface area contributed by atoms with Gasteiger partial charge in [-0.2, -0.15) is 0 Å². The summed E-state index contributed by atoms with van der Waals surface area (Å²) in [4.78, 5) is 9.49. The van der Waals surface area contributed by atoms with Crippen LogP contribution in [0.25, 0.3) is 38.8 Å². The average molecular weight is 627 g/mol. The van der Waals surface area contributed by atoms with Gasteiger partial charge in [-0.3, -0.25) is 4.57 Å². The fourth-order valence-electron chi connectivity index (χ4n) is 7.07. The lowest BCUT2D eigenvalue weighted by molar-refractivity contribution is 0.483. The number of anilines is 4. The third-order valence-corrected chi connectivity index (χ3v) is 9.24. The number of nitrogens with zero attached hydrogens (tertiary/aromatic N) is 4. The van der Waals surface area contributed by atoms with Crippen molar-refractivity contribution in [3.8, 4) is 17.3 Å². The van der Waals surface area contributed by atoms with Crippen molar-refractivity contribution in [2.45, 2.75) is 26.2 Å². The molecule has 0 saturated heterocycles. The highest BCUT2D eigenvalue weighted by molar-refractivity contribution is 6.16. The van der Waals surface area contributed by atoms with Crippen LogP contribution in [0, 0.1) is 0 Å². The van der Waals surface area contributed by atoms with Gasteiger partial charge in [-0.25, -0.2) is 4.98 Å². The summed E-state index contributed by atoms with van der Waals surface area (Å²) in [6.07, 6.45) is 1.82. The van der Waals surface area contributed by atoms with E-state index in [4.69, 9.17) is 14.1 Å². The van der Waals surface area contributed by atoms with Crippen LogP contribution in [-0.2, 0) is 5.41 Å². The summed E-state index contributed by atoms with van der Waals surface area (Å²) >= 11 is 0. The predicted molar refractivity (Wildman–Crippen MR) is 196 cm³/mol. The van der Waals surface area contributed by atoms with Crippen molar-refractivity contribution >= 4 is 55.7 Å². The van der Waals surface area contributed by atoms with E-state index in [-0.39, 0.29) is 5.41 Å². The highest BCUT2D eigenvalue weighted by Gasteiger charge is 2.31. The van der Waals surface area contributed by atoms with Crippen LogP contribution in [0.5, 0.6) is 11.5 Å². The van der Waals surface area contributed by atoms with E-state index in [2.05, 4.69) is 120 Å². The van der Waals surface area contributed by atoms with Gasteiger partial charge in [-0.05, 0) is 77.7 Å². The molecule has 234 valence electrons. The summed E-state index contributed by atoms with van der Waals surface area (Å²) in [5.74, 6) is 2.33. The Bertz CT molecular complexity index is 2470. The molecule has 0 spiro atoms. The molecule has 48 heavy (non-hydrogen) atoms. The maximum Gasteiger partial charge on any atom is 0.161 e. The highest BCUT2D eigenvalue weighted by Crippen LogP contribution is 2.47. The van der Waals surface area contributed by atoms with E-state index in [1.54, 1.807) is 0 Å². The van der Waals surface area contributed by atoms with Gasteiger partial charge in [0.2, 0.25) is 0 Å². The molecule has 6 heteroatoms. The number of para-hydroxylation sites is 4. The Morgan fingerprint density at radius 1 is 0.646 bits per heavy atom. The SMILES string of the molecule is CC(C)(C)c1ccccc1N1CN(c2cccc(Oc3ccc4c5oc6ccccc6c5n(-c5ccccn5)c4c3)c2)c2ccccc21. The molecule has 5 aromatic carbocycles. The van der Waals surface area contributed by atoms with E-state index in [0.717, 1.165) is 56.0 Å². The number of benzene rings is 5. The number of hydrogen-bond acceptors (Lipinski definition) is 5. The minimum absolute atomic E-state index is 0.0138. The molecule has 0 amide bonds. The van der Waals surface area contributed by atoms with Crippen molar-refractivity contribution < 1.29 is 9.15 Å². The van der Waals surface area contributed by atoms with E-state index >= 15 is 0 Å². The predicted octanol–water partition coefficient (Wildman–Crippen LogP) is 11.3. The smallest absolute Gasteiger partial charge is 0.161 e. The number of fused-ring (bicyclic) bond motifs is 6. The summed E-state index contributed by atoms with van der Waals surface area (Å²) in [7, 11) is 0. The fraction of sp³-hybridized carbons (Fsp3) is 0.119. The summed E-state index contributed by atoms with van der Waals surface area (Å²) in [6, 6.07) is 46.0. The summed E-state index contributed by atoms with van der Waals surface area (Å²) in [6.45, 7) is 7.52. The Morgan fingerprint density at radius 2 is 1.38 bits per heavy atom. The largest absolute Gasteiger partial charge is 0.457 e. The van der Waals surface area contributed by atoms with Gasteiger partial charge in [0.05, 0.1) is 16.9 Å². The molecule has 0 unspecified atom stereocenters. The minimum atomic E-state index is 0.0138. The molecule has 0 aliphatic carbocycles. The van der Waals surface area contributed by atoms with Crippen LogP contribution in [0.4, 0.5) is 22.7 Å². The summed E-state index contributed by atoms with van der Waals surface area (Å²) < 4.78 is 15.2. The molecule has 6 nitrogen and oxygen atoms in total. The van der Waals surface area contributed by atoms with Gasteiger partial charge in [0, 0.05) is 40.5 Å². The first kappa shape index (κ1) is 28.2. The first-order chi connectivity index (χ1) is 23.4. The van der Waals surface area contributed by atoms with Crippen LogP contribution in [0.3, 0.4) is 0 Å². The Hall–Kier alpha value is -6.01. The molecule has 0 saturated carbocycles. The Labute approximate surface area is 279 Å². The standard InChI is InChI=1S/C42H34N4O2/c1-42(2,3)33-16-5-6-17-34(33)45-27-44(35-18-7-8-19-36(35)45)28-13-12-14-29(25-28)47-30-22-23-31-37(26-30)46(39-21-10-11-24-43-39)40-32-15-4-9-20-38(32)48-41(31)40/h4-26H,27H2,1-3H3. The number of aromatic nitrogens is 2. The molecule has 0 N–H and O–H groups in total. The van der Waals surface area contributed by atoms with Gasteiger partial charge >= 0.3 is 0 Å². The van der Waals surface area contributed by atoms with Crippen molar-refractivity contribution in [1.29, 1.82) is 0 Å². The van der Waals surface area contributed by atoms with E-state index in [9.17, 15) is 0 Å². The topological polar surface area (TPSA) is 46.7 Å². The highest BCUT2D eigenvalue weighted by atomic mass is 16.5. The molecular formula is C42H34N4O2. The quantitative estimate of drug-likeness (QED) is 0.190. The van der Waals surface area contributed by atoms with E-state index in [0.29, 0.717) is 6.67 Å². The molecule has 0 bridgehead atoms. The zero-order chi connectivity index (χ0) is 32.4. The average Bonchev–Trinajstić information content (AvgIpc) is 3.77. The van der Waals surface area contributed by atoms with Gasteiger partial charge < -0.3 is 19.0 Å². The molecule has 1 aliphatic heterocycles. The lowest BCUT2D eigenvalue weighted by atomic mass is 9.85. The van der Waals surface area contributed by atoms with Crippen LogP contribution < -0.4 is 14.5 Å². The maximum atomic E-state index is 6.60. The van der Waals surface area contributed by atoms with Crippen LogP contribution >= 0.6 is 0 Å². The molecular weight excluding hydrogens is 592 g/mol. The van der Waals surface area contributed by atoms with Crippen LogP contribution in [0.1, 0.15) is 26.3 Å². The fourth-order valence-corrected chi connectivity index (χ4v) is 7.07. The first-order valence-electron chi connectivity index (χ1n) is 16.3. The van der Waals surface area contributed by atoms with Crippen molar-refractivity contribution in [3.63, 3.8) is 0 Å². The number of furan rings is 1. The van der Waals surface area contributed by atoms with Crippen molar-refractivity contribution in [2.24, 2.45) is 0 Å². The van der Waals surface area contributed by atoms with E-state index < -0.39 is 0 Å². The second-order valence-electron chi connectivity index (χ2n) is 13.3. The number of rotatable bonds is 5. The minimum Gasteiger partial charge on any atom is -0.457 e. The zero-order valence-electron chi connectivity index (χ0n) is 27.1. The Morgan fingerprint density at radius 3 is 2.19 bits per heavy atom. The normalized spacial score (nSPS) is 13.1. The van der Waals surface area contributed by atoms with E-state index in [1.807, 2.05) is 54.7 Å². The van der Waals surface area contributed by atoms with Crippen LogP contribution in [-0.4, -0.2) is 16.2 Å². The van der Waals surface area contributed by atoms with Gasteiger partial charge in [-0.1, -0.05) is 75.4 Å². The molecule has 0 fully saturated rings. The summed E-state index contributed by atoms with van der Waals surface area (Å²) in [5.41, 5.74) is 9.68. The third kappa shape index (κ3) is 4.52. The van der Waals surface area contributed by atoms with Crippen LogP contribution in [0.2, 0.25) is 0 Å². The van der Waals surface area contributed by atoms with Crippen molar-refractivity contribution in [3.05, 3.63) is 145 Å². The number of pyridine rings is 1. The first-order valence-corrected chi connectivity index (χ1v) is 16.3. The molecule has 8 aromatic rings. The van der Waals surface area contributed by atoms with Gasteiger partial charge in [0.15, 0.2) is 5.58 Å².